The quantitative estimate of drug-likeness (QED) is 0.586. The standard InChI is InChI=1S/C10H21NO/c1-8(2)5-9(3)11(4)6-10-7-12-10/h8-10H,5-7H2,1-4H3. The van der Waals surface area contributed by atoms with E-state index in [0.717, 1.165) is 19.1 Å². The molecule has 2 nitrogen and oxygen atoms in total. The first-order chi connectivity index (χ1) is 5.59. The van der Waals surface area contributed by atoms with Crippen LogP contribution >= 0.6 is 0 Å². The zero-order valence-corrected chi connectivity index (χ0v) is 8.71. The van der Waals surface area contributed by atoms with Crippen LogP contribution in [0.3, 0.4) is 0 Å². The minimum Gasteiger partial charge on any atom is -0.372 e. The Kier molecular flexibility index (Phi) is 3.53. The van der Waals surface area contributed by atoms with E-state index in [2.05, 4.69) is 32.7 Å². The summed E-state index contributed by atoms with van der Waals surface area (Å²) in [5.41, 5.74) is 0. The number of hydrogen-bond donors (Lipinski definition) is 0. The van der Waals surface area contributed by atoms with Crippen LogP contribution in [0.2, 0.25) is 0 Å². The fraction of sp³-hybridized carbons (Fsp3) is 1.00. The molecule has 0 N–H and O–H groups in total. The number of nitrogens with zero attached hydrogens (tertiary/aromatic N) is 1. The van der Waals surface area contributed by atoms with Crippen molar-refractivity contribution in [3.05, 3.63) is 0 Å². The van der Waals surface area contributed by atoms with E-state index in [1.54, 1.807) is 0 Å². The number of likely N-dealkylation sites (N-methyl/N-ethyl adjacent to an activating group) is 1. The van der Waals surface area contributed by atoms with E-state index < -0.39 is 0 Å². The van der Waals surface area contributed by atoms with Crippen molar-refractivity contribution in [2.45, 2.75) is 39.3 Å². The van der Waals surface area contributed by atoms with Gasteiger partial charge in [0, 0.05) is 12.6 Å². The van der Waals surface area contributed by atoms with Crippen LogP contribution in [-0.4, -0.2) is 37.2 Å². The Hall–Kier alpha value is -0.0800. The SMILES string of the molecule is CC(C)CC(C)N(C)CC1CO1. The Morgan fingerprint density at radius 2 is 2.00 bits per heavy atom. The summed E-state index contributed by atoms with van der Waals surface area (Å²) >= 11 is 0. The lowest BCUT2D eigenvalue weighted by Crippen LogP contribution is -2.33. The Labute approximate surface area is 75.9 Å². The summed E-state index contributed by atoms with van der Waals surface area (Å²) in [6.07, 6.45) is 1.81. The van der Waals surface area contributed by atoms with Gasteiger partial charge in [-0.05, 0) is 26.3 Å². The van der Waals surface area contributed by atoms with Crippen LogP contribution in [-0.2, 0) is 4.74 Å². The van der Waals surface area contributed by atoms with Crippen LogP contribution in [0.1, 0.15) is 27.2 Å². The van der Waals surface area contributed by atoms with Gasteiger partial charge in [0.05, 0.1) is 12.7 Å². The number of rotatable bonds is 5. The summed E-state index contributed by atoms with van der Waals surface area (Å²) in [6, 6.07) is 0.689. The molecule has 2 heteroatoms. The van der Waals surface area contributed by atoms with Gasteiger partial charge in [-0.15, -0.1) is 0 Å². The maximum absolute atomic E-state index is 5.19. The van der Waals surface area contributed by atoms with Crippen molar-refractivity contribution >= 4 is 0 Å². The molecule has 0 spiro atoms. The summed E-state index contributed by atoms with van der Waals surface area (Å²) in [7, 11) is 2.19. The smallest absolute Gasteiger partial charge is 0.0936 e. The van der Waals surface area contributed by atoms with Crippen molar-refractivity contribution in [3.8, 4) is 0 Å². The van der Waals surface area contributed by atoms with Crippen LogP contribution < -0.4 is 0 Å². The predicted molar refractivity (Wildman–Crippen MR) is 51.3 cm³/mol. The molecule has 1 saturated heterocycles. The van der Waals surface area contributed by atoms with Crippen molar-refractivity contribution in [2.75, 3.05) is 20.2 Å². The molecule has 1 heterocycles. The molecule has 0 saturated carbocycles. The van der Waals surface area contributed by atoms with Gasteiger partial charge in [0.25, 0.3) is 0 Å². The molecule has 72 valence electrons. The normalized spacial score (nSPS) is 25.0. The van der Waals surface area contributed by atoms with Gasteiger partial charge >= 0.3 is 0 Å². The minimum atomic E-state index is 0.532. The second-order valence-corrected chi connectivity index (χ2v) is 4.37. The first-order valence-electron chi connectivity index (χ1n) is 4.91. The average molecular weight is 171 g/mol. The topological polar surface area (TPSA) is 15.8 Å². The molecule has 0 aromatic heterocycles. The van der Waals surface area contributed by atoms with Crippen molar-refractivity contribution < 1.29 is 4.74 Å². The van der Waals surface area contributed by atoms with Gasteiger partial charge in [-0.2, -0.15) is 0 Å². The minimum absolute atomic E-state index is 0.532. The van der Waals surface area contributed by atoms with Crippen LogP contribution in [0.4, 0.5) is 0 Å². The fourth-order valence-corrected chi connectivity index (χ4v) is 1.54. The molecule has 1 aliphatic heterocycles. The lowest BCUT2D eigenvalue weighted by molar-refractivity contribution is 0.207. The molecular weight excluding hydrogens is 150 g/mol. The Morgan fingerprint density at radius 1 is 1.42 bits per heavy atom. The van der Waals surface area contributed by atoms with E-state index in [4.69, 9.17) is 4.74 Å². The van der Waals surface area contributed by atoms with Gasteiger partial charge in [-0.3, -0.25) is 0 Å². The van der Waals surface area contributed by atoms with Gasteiger partial charge in [-0.1, -0.05) is 13.8 Å². The van der Waals surface area contributed by atoms with Crippen LogP contribution in [0.25, 0.3) is 0 Å². The zero-order chi connectivity index (χ0) is 9.14. The highest BCUT2D eigenvalue weighted by atomic mass is 16.6. The summed E-state index contributed by atoms with van der Waals surface area (Å²) in [4.78, 5) is 2.40. The van der Waals surface area contributed by atoms with Gasteiger partial charge in [-0.25, -0.2) is 0 Å². The third-order valence-electron chi connectivity index (χ3n) is 2.46. The summed E-state index contributed by atoms with van der Waals surface area (Å²) < 4.78 is 5.19. The van der Waals surface area contributed by atoms with E-state index in [1.165, 1.54) is 6.42 Å². The monoisotopic (exact) mass is 171 g/mol. The number of ether oxygens (including phenoxy) is 1. The summed E-state index contributed by atoms with van der Waals surface area (Å²) in [5.74, 6) is 0.794. The lowest BCUT2D eigenvalue weighted by Gasteiger charge is -2.25. The first kappa shape index (κ1) is 10.0. The van der Waals surface area contributed by atoms with Gasteiger partial charge < -0.3 is 9.64 Å². The molecule has 2 atom stereocenters. The second kappa shape index (κ2) is 4.24. The molecule has 12 heavy (non-hydrogen) atoms. The molecule has 0 aromatic rings. The molecule has 1 fully saturated rings. The Morgan fingerprint density at radius 3 is 2.42 bits per heavy atom. The van der Waals surface area contributed by atoms with Crippen molar-refractivity contribution in [1.82, 2.24) is 4.90 Å². The largest absolute Gasteiger partial charge is 0.372 e. The zero-order valence-electron chi connectivity index (χ0n) is 8.71. The predicted octanol–water partition coefficient (Wildman–Crippen LogP) is 1.75. The van der Waals surface area contributed by atoms with Crippen molar-refractivity contribution in [3.63, 3.8) is 0 Å². The van der Waals surface area contributed by atoms with Crippen LogP contribution in [0.15, 0.2) is 0 Å². The van der Waals surface area contributed by atoms with E-state index in [0.29, 0.717) is 12.1 Å². The van der Waals surface area contributed by atoms with Gasteiger partial charge in [0.15, 0.2) is 0 Å². The summed E-state index contributed by atoms with van der Waals surface area (Å²) in [5, 5.41) is 0. The third kappa shape index (κ3) is 3.55. The van der Waals surface area contributed by atoms with E-state index >= 15 is 0 Å². The third-order valence-corrected chi connectivity index (χ3v) is 2.46. The molecule has 0 radical (unpaired) electrons. The molecule has 2 unspecified atom stereocenters. The molecule has 0 aliphatic carbocycles. The summed E-state index contributed by atoms with van der Waals surface area (Å²) in [6.45, 7) is 8.92. The molecule has 1 aliphatic rings. The average Bonchev–Trinajstić information content (AvgIpc) is 2.70. The van der Waals surface area contributed by atoms with E-state index in [1.807, 2.05) is 0 Å². The molecule has 0 aromatic carbocycles. The number of epoxide rings is 1. The Balaban J connectivity index is 2.14. The van der Waals surface area contributed by atoms with Gasteiger partial charge in [0.1, 0.15) is 0 Å². The number of hydrogen-bond acceptors (Lipinski definition) is 2. The van der Waals surface area contributed by atoms with Gasteiger partial charge in [0.2, 0.25) is 0 Å². The highest BCUT2D eigenvalue weighted by Gasteiger charge is 2.25. The maximum atomic E-state index is 5.19. The highest BCUT2D eigenvalue weighted by Crippen LogP contribution is 2.14. The van der Waals surface area contributed by atoms with Crippen molar-refractivity contribution in [1.29, 1.82) is 0 Å². The highest BCUT2D eigenvalue weighted by molar-refractivity contribution is 4.76. The molecule has 1 rings (SSSR count). The Bertz CT molecular complexity index is 124. The fourth-order valence-electron chi connectivity index (χ4n) is 1.54. The van der Waals surface area contributed by atoms with Crippen LogP contribution in [0.5, 0.6) is 0 Å². The van der Waals surface area contributed by atoms with E-state index in [-0.39, 0.29) is 0 Å². The maximum Gasteiger partial charge on any atom is 0.0936 e. The molecule has 0 amide bonds. The first-order valence-corrected chi connectivity index (χ1v) is 4.91. The van der Waals surface area contributed by atoms with E-state index in [9.17, 15) is 0 Å². The van der Waals surface area contributed by atoms with Crippen molar-refractivity contribution in [2.24, 2.45) is 5.92 Å². The lowest BCUT2D eigenvalue weighted by atomic mass is 10.0. The molecule has 0 bridgehead atoms. The van der Waals surface area contributed by atoms with Crippen LogP contribution in [0, 0.1) is 5.92 Å². The second-order valence-electron chi connectivity index (χ2n) is 4.37. The molecular formula is C10H21NO.